The van der Waals surface area contributed by atoms with Gasteiger partial charge in [0.2, 0.25) is 0 Å². The molecule has 3 heterocycles. The van der Waals surface area contributed by atoms with Crippen LogP contribution in [0.3, 0.4) is 0 Å². The number of amides is 5. The van der Waals surface area contributed by atoms with Gasteiger partial charge >= 0.3 is 32.5 Å². The van der Waals surface area contributed by atoms with E-state index in [0.717, 1.165) is 14.2 Å². The fourth-order valence-corrected chi connectivity index (χ4v) is 7.78. The van der Waals surface area contributed by atoms with Crippen molar-refractivity contribution in [3.8, 4) is 11.5 Å². The SMILES string of the molecule is CC(C)(C)OC(=O)N1CCC(NC(=O)NCCc2ccc(N3CC(=O)NS3(=O)=O)c(O)c2)CC1.NCCc1ccc(N2CC(=O)NS2(=O)=O)c(O)c1. The average molecular weight is 769 g/mol. The summed E-state index contributed by atoms with van der Waals surface area (Å²) in [6.45, 7) is 6.45. The molecule has 0 atom stereocenters. The Morgan fingerprint density at radius 2 is 1.35 bits per heavy atom. The van der Waals surface area contributed by atoms with Crippen LogP contribution in [0.15, 0.2) is 36.4 Å². The summed E-state index contributed by atoms with van der Waals surface area (Å²) in [6.07, 6.45) is 1.88. The van der Waals surface area contributed by atoms with Crippen LogP contribution in [0.1, 0.15) is 44.7 Å². The van der Waals surface area contributed by atoms with Crippen molar-refractivity contribution in [1.82, 2.24) is 25.0 Å². The van der Waals surface area contributed by atoms with E-state index in [9.17, 15) is 46.2 Å². The lowest BCUT2D eigenvalue weighted by atomic mass is 10.1. The number of nitrogens with two attached hydrogens (primary N) is 1. The molecule has 0 saturated carbocycles. The molecule has 3 aliphatic rings. The summed E-state index contributed by atoms with van der Waals surface area (Å²) in [5, 5.41) is 25.7. The summed E-state index contributed by atoms with van der Waals surface area (Å²) in [5.74, 6) is -1.77. The number of nitrogens with one attached hydrogen (secondary N) is 4. The third-order valence-corrected chi connectivity index (χ3v) is 10.7. The number of benzene rings is 2. The molecular formula is C31H44N8O11S2. The minimum Gasteiger partial charge on any atom is -0.506 e. The smallest absolute Gasteiger partial charge is 0.410 e. The molecule has 21 heteroatoms. The third-order valence-electron chi connectivity index (χ3n) is 7.87. The Morgan fingerprint density at radius 3 is 1.75 bits per heavy atom. The van der Waals surface area contributed by atoms with Crippen molar-refractivity contribution >= 4 is 55.7 Å². The van der Waals surface area contributed by atoms with E-state index < -0.39 is 44.4 Å². The largest absolute Gasteiger partial charge is 0.506 e. The van der Waals surface area contributed by atoms with Gasteiger partial charge in [0.1, 0.15) is 30.2 Å². The van der Waals surface area contributed by atoms with Gasteiger partial charge in [-0.25, -0.2) is 27.6 Å². The van der Waals surface area contributed by atoms with E-state index in [1.54, 1.807) is 17.0 Å². The Bertz CT molecular complexity index is 1890. The Kier molecular flexibility index (Phi) is 12.3. The van der Waals surface area contributed by atoms with Crippen LogP contribution in [0.25, 0.3) is 0 Å². The van der Waals surface area contributed by atoms with E-state index in [4.69, 9.17) is 10.5 Å². The highest BCUT2D eigenvalue weighted by Gasteiger charge is 2.36. The van der Waals surface area contributed by atoms with E-state index in [2.05, 4.69) is 10.6 Å². The van der Waals surface area contributed by atoms with Crippen LogP contribution < -0.4 is 34.4 Å². The van der Waals surface area contributed by atoms with Crippen molar-refractivity contribution in [2.24, 2.45) is 5.73 Å². The maximum Gasteiger partial charge on any atom is 0.410 e. The monoisotopic (exact) mass is 768 g/mol. The predicted octanol–water partition coefficient (Wildman–Crippen LogP) is -0.111. The van der Waals surface area contributed by atoms with Crippen LogP contribution in [0.5, 0.6) is 11.5 Å². The predicted molar refractivity (Wildman–Crippen MR) is 189 cm³/mol. The van der Waals surface area contributed by atoms with Gasteiger partial charge in [-0.15, -0.1) is 0 Å². The summed E-state index contributed by atoms with van der Waals surface area (Å²) in [5.41, 5.74) is 6.41. The first kappa shape index (κ1) is 39.8. The summed E-state index contributed by atoms with van der Waals surface area (Å²) >= 11 is 0. The van der Waals surface area contributed by atoms with Crippen molar-refractivity contribution in [3.63, 3.8) is 0 Å². The molecule has 0 radical (unpaired) electrons. The summed E-state index contributed by atoms with van der Waals surface area (Å²) in [4.78, 5) is 48.4. The Labute approximate surface area is 301 Å². The van der Waals surface area contributed by atoms with Crippen molar-refractivity contribution in [1.29, 1.82) is 0 Å². The first-order valence-electron chi connectivity index (χ1n) is 16.3. The van der Waals surface area contributed by atoms with Gasteiger partial charge in [0, 0.05) is 25.7 Å². The number of likely N-dealkylation sites (tertiary alicyclic amines) is 1. The first-order chi connectivity index (χ1) is 24.3. The van der Waals surface area contributed by atoms with Crippen LogP contribution in [0.2, 0.25) is 0 Å². The molecule has 8 N–H and O–H groups in total. The number of phenols is 2. The molecule has 0 aliphatic carbocycles. The Hall–Kier alpha value is -5.02. The molecule has 3 saturated heterocycles. The topological polar surface area (TPSA) is 270 Å². The van der Waals surface area contributed by atoms with Gasteiger partial charge in [-0.3, -0.25) is 9.59 Å². The number of urea groups is 1. The molecular weight excluding hydrogens is 725 g/mol. The zero-order valence-electron chi connectivity index (χ0n) is 28.9. The van der Waals surface area contributed by atoms with Crippen LogP contribution in [0.4, 0.5) is 21.0 Å². The summed E-state index contributed by atoms with van der Waals surface area (Å²) in [6, 6.07) is 8.63. The molecule has 0 unspecified atom stereocenters. The molecule has 3 aliphatic heterocycles. The molecule has 286 valence electrons. The molecule has 2 aromatic carbocycles. The van der Waals surface area contributed by atoms with E-state index in [1.807, 2.05) is 30.2 Å². The normalized spacial score (nSPS) is 18.2. The van der Waals surface area contributed by atoms with Crippen LogP contribution in [-0.4, -0.2) is 107 Å². The number of ether oxygens (including phenoxy) is 1. The second-order valence-electron chi connectivity index (χ2n) is 13.2. The fourth-order valence-electron chi connectivity index (χ4n) is 5.45. The second kappa shape index (κ2) is 16.1. The number of phenolic OH excluding ortho intramolecular Hbond substituents is 2. The van der Waals surface area contributed by atoms with Gasteiger partial charge in [-0.05, 0) is 88.4 Å². The molecule has 19 nitrogen and oxygen atoms in total. The standard InChI is InChI=1S/C21H31N5O7S.C10H13N3O4S/c1-21(2,3)33-20(30)25-10-7-15(8-11-25)23-19(29)22-9-6-14-4-5-16(17(27)12-14)26-13-18(28)24-34(26,31)32;11-4-3-7-1-2-8(9(14)5-7)13-6-10(15)12-18(13,16)17/h4-5,12,15,27H,6-11,13H2,1-3H3,(H,24,28)(H2,22,23,29);1-2,5,14H,3-4,6,11H2,(H,12,15). The summed E-state index contributed by atoms with van der Waals surface area (Å²) in [7, 11) is -7.89. The lowest BCUT2D eigenvalue weighted by molar-refractivity contribution is -0.118. The molecule has 0 bridgehead atoms. The highest BCUT2D eigenvalue weighted by molar-refractivity contribution is 7.92. The fraction of sp³-hybridized carbons (Fsp3) is 0.484. The number of carbonyl (C=O) groups is 4. The lowest BCUT2D eigenvalue weighted by Gasteiger charge is -2.33. The maximum absolute atomic E-state index is 12.2. The van der Waals surface area contributed by atoms with Crippen molar-refractivity contribution in [2.45, 2.75) is 58.1 Å². The van der Waals surface area contributed by atoms with Crippen LogP contribution >= 0.6 is 0 Å². The van der Waals surface area contributed by atoms with Crippen molar-refractivity contribution < 1.29 is 51.0 Å². The third kappa shape index (κ3) is 10.5. The first-order valence-corrected chi connectivity index (χ1v) is 19.2. The minimum absolute atomic E-state index is 0.00512. The van der Waals surface area contributed by atoms with Gasteiger partial charge in [-0.1, -0.05) is 12.1 Å². The Balaban J connectivity index is 0.000000281. The second-order valence-corrected chi connectivity index (χ2v) is 16.3. The molecule has 3 fully saturated rings. The number of nitrogens with zero attached hydrogens (tertiary/aromatic N) is 3. The number of piperidine rings is 1. The number of hydrogen-bond donors (Lipinski definition) is 7. The van der Waals surface area contributed by atoms with E-state index in [-0.39, 0.29) is 47.6 Å². The van der Waals surface area contributed by atoms with Gasteiger partial charge in [0.25, 0.3) is 11.8 Å². The van der Waals surface area contributed by atoms with Crippen molar-refractivity contribution in [2.75, 3.05) is 47.9 Å². The number of rotatable bonds is 8. The van der Waals surface area contributed by atoms with Crippen LogP contribution in [-0.2, 0) is 47.6 Å². The van der Waals surface area contributed by atoms with Gasteiger partial charge < -0.3 is 36.2 Å². The molecule has 0 spiro atoms. The molecule has 2 aromatic rings. The van der Waals surface area contributed by atoms with E-state index in [0.29, 0.717) is 57.4 Å². The highest BCUT2D eigenvalue weighted by Crippen LogP contribution is 2.32. The van der Waals surface area contributed by atoms with Gasteiger partial charge in [-0.2, -0.15) is 16.8 Å². The lowest BCUT2D eigenvalue weighted by Crippen LogP contribution is -2.50. The van der Waals surface area contributed by atoms with Crippen molar-refractivity contribution in [3.05, 3.63) is 47.5 Å². The molecule has 52 heavy (non-hydrogen) atoms. The number of hydrogen-bond acceptors (Lipinski definition) is 12. The summed E-state index contributed by atoms with van der Waals surface area (Å²) < 4.78 is 57.7. The Morgan fingerprint density at radius 1 is 0.865 bits per heavy atom. The van der Waals surface area contributed by atoms with E-state index >= 15 is 0 Å². The maximum atomic E-state index is 12.2. The van der Waals surface area contributed by atoms with Gasteiger partial charge in [0.15, 0.2) is 0 Å². The van der Waals surface area contributed by atoms with E-state index in [1.165, 1.54) is 24.3 Å². The minimum atomic E-state index is -4.00. The van der Waals surface area contributed by atoms with Crippen LogP contribution in [0, 0.1) is 0 Å². The quantitative estimate of drug-likeness (QED) is 0.185. The highest BCUT2D eigenvalue weighted by atomic mass is 32.2. The molecule has 5 amide bonds. The number of carbonyl (C=O) groups excluding carboxylic acids is 4. The zero-order valence-corrected chi connectivity index (χ0v) is 30.5. The van der Waals surface area contributed by atoms with Gasteiger partial charge in [0.05, 0.1) is 11.4 Å². The number of anilines is 2. The molecule has 5 rings (SSSR count). The number of aromatic hydroxyl groups is 2. The molecule has 0 aromatic heterocycles. The zero-order chi connectivity index (χ0) is 38.4. The average Bonchev–Trinajstić information content (AvgIpc) is 3.47.